The molecular weight excluding hydrogens is 232 g/mol. The normalized spacial score (nSPS) is 10.7. The molecular formula is C11H13N6O+. The van der Waals surface area contributed by atoms with Crippen LogP contribution in [-0.2, 0) is 0 Å². The van der Waals surface area contributed by atoms with Gasteiger partial charge in [0.05, 0.1) is 5.11 Å². The molecule has 2 aromatic rings. The molecule has 0 amide bonds. The molecule has 0 bridgehead atoms. The second-order valence-corrected chi connectivity index (χ2v) is 3.41. The van der Waals surface area contributed by atoms with Gasteiger partial charge in [0, 0.05) is 6.07 Å². The number of rotatable bonds is 3. The lowest BCUT2D eigenvalue weighted by atomic mass is 10.4. The van der Waals surface area contributed by atoms with Crippen molar-refractivity contribution in [3.63, 3.8) is 0 Å². The van der Waals surface area contributed by atoms with Crippen molar-refractivity contribution in [1.82, 2.24) is 4.98 Å². The van der Waals surface area contributed by atoms with Crippen LogP contribution in [0.1, 0.15) is 0 Å². The monoisotopic (exact) mass is 245 g/mol. The van der Waals surface area contributed by atoms with Gasteiger partial charge in [-0.2, -0.15) is 0 Å². The van der Waals surface area contributed by atoms with Crippen molar-refractivity contribution in [2.75, 3.05) is 18.6 Å². The Kier molecular flexibility index (Phi) is 3.33. The summed E-state index contributed by atoms with van der Waals surface area (Å²) < 4.78 is 1.48. The number of hydrogen-bond donors (Lipinski definition) is 2. The molecule has 7 heteroatoms. The Balaban J connectivity index is 2.30. The second kappa shape index (κ2) is 5.09. The first-order chi connectivity index (χ1) is 8.70. The van der Waals surface area contributed by atoms with E-state index in [2.05, 4.69) is 15.2 Å². The van der Waals surface area contributed by atoms with Gasteiger partial charge in [0.2, 0.25) is 0 Å². The van der Waals surface area contributed by atoms with E-state index in [1.165, 1.54) is 11.8 Å². The molecule has 2 aromatic heterocycles. The molecule has 0 aliphatic heterocycles. The smallest absolute Gasteiger partial charge is 0.384 e. The number of nitrogens with zero attached hydrogens (tertiary/aromatic N) is 4. The van der Waals surface area contributed by atoms with Crippen LogP contribution < -0.4 is 21.0 Å². The van der Waals surface area contributed by atoms with Gasteiger partial charge in [-0.15, -0.1) is 0 Å². The van der Waals surface area contributed by atoms with Crippen LogP contribution in [0.2, 0.25) is 0 Å². The van der Waals surface area contributed by atoms with Crippen LogP contribution in [-0.4, -0.2) is 12.1 Å². The summed E-state index contributed by atoms with van der Waals surface area (Å²) in [5.74, 6) is 1.12. The van der Waals surface area contributed by atoms with Crippen LogP contribution in [0.4, 0.5) is 23.1 Å². The maximum absolute atomic E-state index is 5.67. The fourth-order valence-electron chi connectivity index (χ4n) is 1.32. The first-order valence-corrected chi connectivity index (χ1v) is 5.19. The van der Waals surface area contributed by atoms with Gasteiger partial charge >= 0.3 is 5.82 Å². The topological polar surface area (TPSA) is 103 Å². The zero-order valence-electron chi connectivity index (χ0n) is 9.82. The van der Waals surface area contributed by atoms with E-state index in [1.807, 2.05) is 12.1 Å². The Morgan fingerprint density at radius 3 is 2.72 bits per heavy atom. The lowest BCUT2D eigenvalue weighted by Gasteiger charge is -1.97. The zero-order valence-corrected chi connectivity index (χ0v) is 9.82. The van der Waals surface area contributed by atoms with Crippen molar-refractivity contribution in [3.05, 3.63) is 36.5 Å². The van der Waals surface area contributed by atoms with Crippen LogP contribution in [0.3, 0.4) is 0 Å². The van der Waals surface area contributed by atoms with E-state index >= 15 is 0 Å². The minimum absolute atomic E-state index is 0.235. The van der Waals surface area contributed by atoms with Gasteiger partial charge in [-0.1, -0.05) is 0 Å². The van der Waals surface area contributed by atoms with Crippen LogP contribution in [0.25, 0.3) is 0 Å². The van der Waals surface area contributed by atoms with Crippen molar-refractivity contribution in [1.29, 1.82) is 0 Å². The van der Waals surface area contributed by atoms with Crippen LogP contribution >= 0.6 is 0 Å². The number of anilines is 2. The third-order valence-corrected chi connectivity index (χ3v) is 2.18. The fourth-order valence-corrected chi connectivity index (χ4v) is 1.32. The molecule has 0 radical (unpaired) electrons. The molecule has 0 unspecified atom stereocenters. The summed E-state index contributed by atoms with van der Waals surface area (Å²) in [5, 5.41) is 8.05. The molecule has 2 rings (SSSR count). The minimum Gasteiger partial charge on any atom is -0.384 e. The summed E-state index contributed by atoms with van der Waals surface area (Å²) in [6, 6.07) is 8.67. The summed E-state index contributed by atoms with van der Waals surface area (Å²) in [7, 11) is 1.54. The van der Waals surface area contributed by atoms with Crippen molar-refractivity contribution >= 4 is 23.1 Å². The van der Waals surface area contributed by atoms with Gasteiger partial charge < -0.3 is 16.3 Å². The highest BCUT2D eigenvalue weighted by atomic mass is 16.6. The van der Waals surface area contributed by atoms with Crippen molar-refractivity contribution in [2.45, 2.75) is 0 Å². The summed E-state index contributed by atoms with van der Waals surface area (Å²) in [4.78, 5) is 8.97. The van der Waals surface area contributed by atoms with E-state index in [-0.39, 0.29) is 5.82 Å². The molecule has 0 aromatic carbocycles. The predicted octanol–water partition coefficient (Wildman–Crippen LogP) is 1.01. The molecule has 0 atom stereocenters. The van der Waals surface area contributed by atoms with Crippen LogP contribution in [0.5, 0.6) is 0 Å². The molecule has 0 saturated heterocycles. The van der Waals surface area contributed by atoms with Gasteiger partial charge in [-0.3, -0.25) is 0 Å². The van der Waals surface area contributed by atoms with E-state index in [9.17, 15) is 0 Å². The third kappa shape index (κ3) is 2.51. The number of azo groups is 1. The number of aromatic nitrogens is 2. The molecule has 0 aliphatic carbocycles. The molecule has 0 saturated carbocycles. The Morgan fingerprint density at radius 2 is 2.00 bits per heavy atom. The van der Waals surface area contributed by atoms with Crippen LogP contribution in [0.15, 0.2) is 46.8 Å². The van der Waals surface area contributed by atoms with E-state index < -0.39 is 0 Å². The predicted molar refractivity (Wildman–Crippen MR) is 66.4 cm³/mol. The van der Waals surface area contributed by atoms with Crippen LogP contribution in [0, 0.1) is 0 Å². The summed E-state index contributed by atoms with van der Waals surface area (Å²) in [6.45, 7) is 0. The average Bonchev–Trinajstić information content (AvgIpc) is 2.38. The molecule has 0 aliphatic rings. The summed E-state index contributed by atoms with van der Waals surface area (Å²) >= 11 is 0. The van der Waals surface area contributed by atoms with E-state index in [4.69, 9.17) is 16.3 Å². The van der Waals surface area contributed by atoms with E-state index in [0.29, 0.717) is 17.3 Å². The van der Waals surface area contributed by atoms with Gasteiger partial charge in [-0.25, -0.2) is 4.98 Å². The first kappa shape index (κ1) is 11.8. The number of hydrogen-bond acceptors (Lipinski definition) is 6. The Morgan fingerprint density at radius 1 is 1.17 bits per heavy atom. The highest BCUT2D eigenvalue weighted by Gasteiger charge is 2.09. The molecule has 92 valence electrons. The second-order valence-electron chi connectivity index (χ2n) is 3.41. The number of nitrogens with two attached hydrogens (primary N) is 2. The Bertz CT molecular complexity index is 583. The molecule has 0 fully saturated rings. The van der Waals surface area contributed by atoms with E-state index in [1.54, 1.807) is 24.4 Å². The van der Waals surface area contributed by atoms with Gasteiger partial charge in [-0.05, 0) is 34.1 Å². The fraction of sp³-hybridized carbons (Fsp3) is 0.0909. The third-order valence-electron chi connectivity index (χ3n) is 2.18. The van der Waals surface area contributed by atoms with Gasteiger partial charge in [0.25, 0.3) is 0 Å². The highest BCUT2D eigenvalue weighted by molar-refractivity contribution is 5.59. The molecule has 2 heterocycles. The standard InChI is InChI=1S/C11H12N6O/c1-18-17-7-3-2-4-10(17)16-15-8-5-6-9(12)14-11(8)13/h2-7H,1H3,(H3,12,13,14)/p+1. The van der Waals surface area contributed by atoms with E-state index in [0.717, 1.165) is 0 Å². The van der Waals surface area contributed by atoms with Gasteiger partial charge in [0.15, 0.2) is 11.5 Å². The quantitative estimate of drug-likeness (QED) is 0.622. The molecule has 4 N–H and O–H groups in total. The number of nitrogen functional groups attached to an aromatic ring is 2. The first-order valence-electron chi connectivity index (χ1n) is 5.19. The van der Waals surface area contributed by atoms with Crippen molar-refractivity contribution in [3.8, 4) is 0 Å². The summed E-state index contributed by atoms with van der Waals surface area (Å²) in [5.41, 5.74) is 11.6. The summed E-state index contributed by atoms with van der Waals surface area (Å²) in [6.07, 6.45) is 1.72. The Labute approximate surface area is 104 Å². The Hall–Kier alpha value is -2.70. The number of pyridine rings is 2. The minimum atomic E-state index is 0.235. The van der Waals surface area contributed by atoms with Gasteiger partial charge in [0.1, 0.15) is 19.1 Å². The largest absolute Gasteiger partial charge is 0.388 e. The zero-order chi connectivity index (χ0) is 13.0. The average molecular weight is 245 g/mol. The molecule has 0 spiro atoms. The maximum Gasteiger partial charge on any atom is 0.388 e. The van der Waals surface area contributed by atoms with Crippen molar-refractivity contribution in [2.24, 2.45) is 10.2 Å². The molecule has 18 heavy (non-hydrogen) atoms. The van der Waals surface area contributed by atoms with Crippen molar-refractivity contribution < 1.29 is 9.57 Å². The SMILES string of the molecule is CO[n+]1ccccc1N=Nc1ccc(N)nc1N. The lowest BCUT2D eigenvalue weighted by molar-refractivity contribution is -0.875. The highest BCUT2D eigenvalue weighted by Crippen LogP contribution is 2.22. The lowest BCUT2D eigenvalue weighted by Crippen LogP contribution is -2.39. The molecule has 7 nitrogen and oxygen atoms in total. The maximum atomic E-state index is 5.67.